The number of aromatic nitrogens is 1. The average molecular weight is 456 g/mol. The van der Waals surface area contributed by atoms with E-state index in [0.29, 0.717) is 10.2 Å². The monoisotopic (exact) mass is 455 g/mol. The summed E-state index contributed by atoms with van der Waals surface area (Å²) in [6, 6.07) is 11.7. The number of fused-ring (bicyclic) bond motifs is 1. The fourth-order valence-electron chi connectivity index (χ4n) is 2.54. The highest BCUT2D eigenvalue weighted by atomic mass is 32.2. The minimum Gasteiger partial charge on any atom is -0.465 e. The van der Waals surface area contributed by atoms with Gasteiger partial charge in [0.05, 0.1) is 26.6 Å². The molecule has 0 unspecified atom stereocenters. The summed E-state index contributed by atoms with van der Waals surface area (Å²) in [5, 5.41) is 5.17. The molecule has 0 saturated carbocycles. The van der Waals surface area contributed by atoms with Gasteiger partial charge in [-0.25, -0.2) is 13.6 Å². The Balaban J connectivity index is 2.25. The molecule has 0 spiro atoms. The molecule has 2 aromatic carbocycles. The first-order chi connectivity index (χ1) is 13.6. The lowest BCUT2D eigenvalue weighted by molar-refractivity contribution is -0.143. The Morgan fingerprint density at radius 3 is 2.41 bits per heavy atom. The minimum atomic E-state index is -4.05. The summed E-state index contributed by atoms with van der Waals surface area (Å²) in [5.41, 5.74) is 0.428. The molecule has 0 radical (unpaired) electrons. The number of benzene rings is 2. The smallest absolute Gasteiger partial charge is 0.326 e. The third-order valence-electron chi connectivity index (χ3n) is 3.81. The highest BCUT2D eigenvalue weighted by Crippen LogP contribution is 2.22. The van der Waals surface area contributed by atoms with Crippen LogP contribution in [-0.4, -0.2) is 34.0 Å². The molecule has 2 N–H and O–H groups in total. The van der Waals surface area contributed by atoms with Gasteiger partial charge in [-0.3, -0.25) is 4.79 Å². The number of rotatable bonds is 6. The third-order valence-corrected chi connectivity index (χ3v) is 7.16. The number of sulfonamides is 2. The van der Waals surface area contributed by atoms with Crippen LogP contribution in [0, 0.1) is 0 Å². The summed E-state index contributed by atoms with van der Waals surface area (Å²) in [6.45, 7) is 1.52. The molecule has 154 valence electrons. The van der Waals surface area contributed by atoms with Gasteiger partial charge in [-0.2, -0.15) is 8.42 Å². The van der Waals surface area contributed by atoms with Crippen LogP contribution in [0.2, 0.25) is 0 Å². The zero-order chi connectivity index (χ0) is 21.2. The first-order valence-corrected chi connectivity index (χ1v) is 12.1. The number of carbonyl (C=O) groups excluding carboxylic acids is 1. The summed E-state index contributed by atoms with van der Waals surface area (Å²) in [6.07, 6.45) is 0. The summed E-state index contributed by atoms with van der Waals surface area (Å²) >= 11 is 0.925. The van der Waals surface area contributed by atoms with Gasteiger partial charge in [0.15, 0.2) is 0 Å². The fraction of sp³-hybridized carbons (Fsp3) is 0.176. The number of hydrogen-bond donors (Lipinski definition) is 1. The molecule has 0 amide bonds. The first kappa shape index (κ1) is 21.2. The van der Waals surface area contributed by atoms with E-state index in [-0.39, 0.29) is 27.7 Å². The highest BCUT2D eigenvalue weighted by molar-refractivity contribution is 7.90. The van der Waals surface area contributed by atoms with E-state index in [0.717, 1.165) is 11.3 Å². The van der Waals surface area contributed by atoms with Crippen molar-refractivity contribution < 1.29 is 26.4 Å². The van der Waals surface area contributed by atoms with Gasteiger partial charge in [0, 0.05) is 0 Å². The van der Waals surface area contributed by atoms with Crippen molar-refractivity contribution in [2.24, 2.45) is 9.54 Å². The summed E-state index contributed by atoms with van der Waals surface area (Å²) in [4.78, 5) is 11.9. The Morgan fingerprint density at radius 1 is 1.10 bits per heavy atom. The topological polar surface area (TPSA) is 138 Å². The van der Waals surface area contributed by atoms with E-state index in [1.165, 1.54) is 34.9 Å². The predicted octanol–water partition coefficient (Wildman–Crippen LogP) is 1.20. The number of hydrogen-bond acceptors (Lipinski definition) is 7. The molecule has 29 heavy (non-hydrogen) atoms. The molecule has 9 nitrogen and oxygen atoms in total. The summed E-state index contributed by atoms with van der Waals surface area (Å²) in [5.74, 6) is -0.582. The van der Waals surface area contributed by atoms with Gasteiger partial charge in [-0.15, -0.1) is 4.40 Å². The van der Waals surface area contributed by atoms with Gasteiger partial charge in [-0.1, -0.05) is 29.5 Å². The predicted molar refractivity (Wildman–Crippen MR) is 107 cm³/mol. The van der Waals surface area contributed by atoms with E-state index < -0.39 is 26.0 Å². The van der Waals surface area contributed by atoms with Crippen LogP contribution < -0.4 is 9.94 Å². The number of thiazole rings is 1. The van der Waals surface area contributed by atoms with Crippen LogP contribution in [0.5, 0.6) is 0 Å². The molecule has 0 aliphatic heterocycles. The van der Waals surface area contributed by atoms with Crippen molar-refractivity contribution in [2.45, 2.75) is 23.3 Å². The maximum absolute atomic E-state index is 12.7. The van der Waals surface area contributed by atoms with E-state index in [4.69, 9.17) is 9.88 Å². The van der Waals surface area contributed by atoms with E-state index in [2.05, 4.69) is 4.40 Å². The Kier molecular flexibility index (Phi) is 5.89. The van der Waals surface area contributed by atoms with Crippen molar-refractivity contribution in [1.82, 2.24) is 4.57 Å². The largest absolute Gasteiger partial charge is 0.465 e. The lowest BCUT2D eigenvalue weighted by Gasteiger charge is -2.06. The Bertz CT molecular complexity index is 1340. The van der Waals surface area contributed by atoms with E-state index in [1.807, 2.05) is 0 Å². The van der Waals surface area contributed by atoms with E-state index in [9.17, 15) is 21.6 Å². The van der Waals surface area contributed by atoms with Crippen LogP contribution in [0.3, 0.4) is 0 Å². The Labute approximate surface area is 171 Å². The van der Waals surface area contributed by atoms with Crippen molar-refractivity contribution in [1.29, 1.82) is 0 Å². The zero-order valence-corrected chi connectivity index (χ0v) is 17.6. The number of primary sulfonamides is 1. The number of nitrogens with two attached hydrogens (primary N) is 1. The van der Waals surface area contributed by atoms with Crippen molar-refractivity contribution >= 4 is 47.6 Å². The maximum atomic E-state index is 12.7. The van der Waals surface area contributed by atoms with Crippen molar-refractivity contribution in [3.8, 4) is 0 Å². The molecule has 1 aromatic heterocycles. The van der Waals surface area contributed by atoms with Crippen LogP contribution in [0.1, 0.15) is 6.92 Å². The molecule has 3 rings (SSSR count). The second kappa shape index (κ2) is 8.06. The van der Waals surface area contributed by atoms with Gasteiger partial charge in [-0.05, 0) is 37.3 Å². The quantitative estimate of drug-likeness (QED) is 0.554. The van der Waals surface area contributed by atoms with Crippen molar-refractivity contribution in [2.75, 3.05) is 6.61 Å². The molecule has 0 atom stereocenters. The molecule has 0 saturated heterocycles. The van der Waals surface area contributed by atoms with Gasteiger partial charge in [0.1, 0.15) is 6.54 Å². The molecular weight excluding hydrogens is 438 g/mol. The van der Waals surface area contributed by atoms with Crippen molar-refractivity contribution in [3.05, 3.63) is 53.3 Å². The minimum absolute atomic E-state index is 0.00322. The molecule has 0 aliphatic rings. The Hall–Kier alpha value is -2.54. The summed E-state index contributed by atoms with van der Waals surface area (Å²) in [7, 11) is -8.00. The van der Waals surface area contributed by atoms with Crippen LogP contribution in [0.4, 0.5) is 0 Å². The fourth-order valence-corrected chi connectivity index (χ4v) is 5.44. The molecule has 12 heteroatoms. The Morgan fingerprint density at radius 2 is 1.79 bits per heavy atom. The maximum Gasteiger partial charge on any atom is 0.326 e. The second-order valence-electron chi connectivity index (χ2n) is 5.83. The molecule has 0 aliphatic carbocycles. The van der Waals surface area contributed by atoms with Gasteiger partial charge in [0.2, 0.25) is 14.8 Å². The number of esters is 1. The molecule has 0 bridgehead atoms. The van der Waals surface area contributed by atoms with E-state index in [1.54, 1.807) is 25.1 Å². The lowest BCUT2D eigenvalue weighted by Crippen LogP contribution is -2.23. The molecular formula is C17H17N3O6S3. The third kappa shape index (κ3) is 4.72. The van der Waals surface area contributed by atoms with Crippen molar-refractivity contribution in [3.63, 3.8) is 0 Å². The van der Waals surface area contributed by atoms with Gasteiger partial charge >= 0.3 is 5.97 Å². The normalized spacial score (nSPS) is 13.0. The summed E-state index contributed by atoms with van der Waals surface area (Å²) < 4.78 is 59.2. The average Bonchev–Trinajstić information content (AvgIpc) is 2.97. The molecule has 1 heterocycles. The number of ether oxygens (including phenoxy) is 1. The SMILES string of the molecule is CCOC(=O)Cn1/c(=N/S(=O)(=O)c2ccccc2)sc2cc(S(N)(=O)=O)ccc21. The molecule has 3 aromatic rings. The zero-order valence-electron chi connectivity index (χ0n) is 15.2. The van der Waals surface area contributed by atoms with Crippen LogP contribution in [-0.2, 0) is 36.1 Å². The van der Waals surface area contributed by atoms with Crippen LogP contribution >= 0.6 is 11.3 Å². The standard InChI is InChI=1S/C17H17N3O6S3/c1-2-26-16(21)11-20-14-9-8-13(28(18,22)23)10-15(14)27-17(20)19-29(24,25)12-6-4-3-5-7-12/h3-10H,2,11H2,1H3,(H2,18,22,23)/b19-17-. The van der Waals surface area contributed by atoms with Gasteiger partial charge < -0.3 is 9.30 Å². The van der Waals surface area contributed by atoms with Crippen LogP contribution in [0.25, 0.3) is 10.2 Å². The molecule has 0 fully saturated rings. The number of carbonyl (C=O) groups is 1. The second-order valence-corrected chi connectivity index (χ2v) is 10.0. The number of nitrogens with zero attached hydrogens (tertiary/aromatic N) is 2. The van der Waals surface area contributed by atoms with E-state index >= 15 is 0 Å². The first-order valence-electron chi connectivity index (χ1n) is 8.29. The lowest BCUT2D eigenvalue weighted by atomic mass is 10.3. The van der Waals surface area contributed by atoms with Gasteiger partial charge in [0.25, 0.3) is 10.0 Å². The highest BCUT2D eigenvalue weighted by Gasteiger charge is 2.18. The van der Waals surface area contributed by atoms with Crippen LogP contribution in [0.15, 0.2) is 62.7 Å².